The fraction of sp³-hybridized carbons (Fsp3) is 0. The molecular weight excluding hydrogens is 320 g/mol. The molecule has 0 spiro atoms. The second-order valence-corrected chi connectivity index (χ2v) is 4.99. The van der Waals surface area contributed by atoms with Crippen LogP contribution in [-0.4, -0.2) is 10.2 Å². The van der Waals surface area contributed by atoms with Crippen molar-refractivity contribution >= 4 is 53.5 Å². The van der Waals surface area contributed by atoms with Crippen molar-refractivity contribution < 1.29 is 0 Å². The fourth-order valence-corrected chi connectivity index (χ4v) is 2.73. The van der Waals surface area contributed by atoms with Gasteiger partial charge in [-0.15, -0.1) is 0 Å². The first-order valence-electron chi connectivity index (χ1n) is 4.48. The van der Waals surface area contributed by atoms with Gasteiger partial charge in [-0.1, -0.05) is 40.2 Å². The lowest BCUT2D eigenvalue weighted by molar-refractivity contribution is 1.10. The molecule has 2 aromatic carbocycles. The summed E-state index contributed by atoms with van der Waals surface area (Å²) in [4.78, 5) is 0. The summed E-state index contributed by atoms with van der Waals surface area (Å²) in [5.41, 5.74) is 1.00. The number of nitrogens with one attached hydrogen (secondary N) is 1. The SMILES string of the molecule is Brc1cc2c(Br)[nH]nc2c2ccccc12. The maximum atomic E-state index is 4.29. The molecule has 74 valence electrons. The lowest BCUT2D eigenvalue weighted by Gasteiger charge is -2.01. The Morgan fingerprint density at radius 2 is 1.73 bits per heavy atom. The van der Waals surface area contributed by atoms with Gasteiger partial charge in [0.15, 0.2) is 0 Å². The predicted molar refractivity (Wildman–Crippen MR) is 69.0 cm³/mol. The van der Waals surface area contributed by atoms with Gasteiger partial charge in [-0.2, -0.15) is 5.10 Å². The molecule has 0 aliphatic heterocycles. The van der Waals surface area contributed by atoms with Gasteiger partial charge in [-0.3, -0.25) is 5.10 Å². The van der Waals surface area contributed by atoms with E-state index in [1.54, 1.807) is 0 Å². The van der Waals surface area contributed by atoms with Crippen molar-refractivity contribution in [3.8, 4) is 0 Å². The average Bonchev–Trinajstić information content (AvgIpc) is 2.62. The second kappa shape index (κ2) is 3.32. The molecule has 0 fully saturated rings. The Morgan fingerprint density at radius 3 is 2.53 bits per heavy atom. The lowest BCUT2D eigenvalue weighted by atomic mass is 10.1. The van der Waals surface area contributed by atoms with Crippen molar-refractivity contribution in [2.45, 2.75) is 0 Å². The number of halogens is 2. The number of benzene rings is 2. The largest absolute Gasteiger partial charge is 0.270 e. The maximum absolute atomic E-state index is 4.29. The fourth-order valence-electron chi connectivity index (χ4n) is 1.77. The molecule has 0 aliphatic rings. The standard InChI is InChI=1S/C11H6Br2N2/c12-9-5-8-10(14-15-11(8)13)7-4-2-1-3-6(7)9/h1-5H,(H,14,15). The van der Waals surface area contributed by atoms with Crippen LogP contribution in [-0.2, 0) is 0 Å². The van der Waals surface area contributed by atoms with Gasteiger partial charge in [-0.05, 0) is 27.4 Å². The molecule has 4 heteroatoms. The van der Waals surface area contributed by atoms with E-state index in [-0.39, 0.29) is 0 Å². The molecule has 3 rings (SSSR count). The molecule has 1 heterocycles. The molecule has 0 radical (unpaired) electrons. The Balaban J connectivity index is 2.65. The molecule has 0 amide bonds. The van der Waals surface area contributed by atoms with Crippen LogP contribution in [0.3, 0.4) is 0 Å². The van der Waals surface area contributed by atoms with Gasteiger partial charge < -0.3 is 0 Å². The minimum atomic E-state index is 0.920. The van der Waals surface area contributed by atoms with Crippen molar-refractivity contribution in [3.63, 3.8) is 0 Å². The predicted octanol–water partition coefficient (Wildman–Crippen LogP) is 4.24. The number of rotatable bonds is 0. The zero-order valence-corrected chi connectivity index (χ0v) is 10.8. The average molecular weight is 326 g/mol. The van der Waals surface area contributed by atoms with Crippen LogP contribution in [0.5, 0.6) is 0 Å². The van der Waals surface area contributed by atoms with Crippen molar-refractivity contribution in [1.82, 2.24) is 10.2 Å². The Morgan fingerprint density at radius 1 is 1.00 bits per heavy atom. The highest BCUT2D eigenvalue weighted by Crippen LogP contribution is 2.33. The number of aromatic amines is 1. The van der Waals surface area contributed by atoms with E-state index in [4.69, 9.17) is 0 Å². The molecule has 1 N–H and O–H groups in total. The smallest absolute Gasteiger partial charge is 0.108 e. The third-order valence-electron chi connectivity index (χ3n) is 2.47. The Kier molecular flexibility index (Phi) is 2.07. The van der Waals surface area contributed by atoms with Gasteiger partial charge in [0, 0.05) is 15.2 Å². The number of H-pyrrole nitrogens is 1. The summed E-state index contributed by atoms with van der Waals surface area (Å²) >= 11 is 7.02. The van der Waals surface area contributed by atoms with Gasteiger partial charge in [-0.25, -0.2) is 0 Å². The highest BCUT2D eigenvalue weighted by atomic mass is 79.9. The Hall–Kier alpha value is -0.870. The lowest BCUT2D eigenvalue weighted by Crippen LogP contribution is -1.77. The minimum absolute atomic E-state index is 0.920. The van der Waals surface area contributed by atoms with Gasteiger partial charge in [0.2, 0.25) is 0 Å². The summed E-state index contributed by atoms with van der Waals surface area (Å²) in [6.45, 7) is 0. The molecular formula is C11H6Br2N2. The molecule has 0 unspecified atom stereocenters. The van der Waals surface area contributed by atoms with E-state index >= 15 is 0 Å². The summed E-state index contributed by atoms with van der Waals surface area (Å²) < 4.78 is 2.01. The quantitative estimate of drug-likeness (QED) is 0.658. The molecule has 0 saturated carbocycles. The maximum Gasteiger partial charge on any atom is 0.108 e. The van der Waals surface area contributed by atoms with Gasteiger partial charge >= 0.3 is 0 Å². The number of hydrogen-bond donors (Lipinski definition) is 1. The van der Waals surface area contributed by atoms with E-state index in [1.807, 2.05) is 12.1 Å². The van der Waals surface area contributed by atoms with Crippen molar-refractivity contribution in [2.24, 2.45) is 0 Å². The Bertz CT molecular complexity index is 658. The van der Waals surface area contributed by atoms with Crippen LogP contribution in [0.4, 0.5) is 0 Å². The minimum Gasteiger partial charge on any atom is -0.270 e. The van der Waals surface area contributed by atoms with E-state index < -0.39 is 0 Å². The van der Waals surface area contributed by atoms with E-state index in [0.717, 1.165) is 25.4 Å². The molecule has 2 nitrogen and oxygen atoms in total. The summed E-state index contributed by atoms with van der Waals surface area (Å²) in [6, 6.07) is 10.3. The van der Waals surface area contributed by atoms with E-state index in [0.29, 0.717) is 0 Å². The normalized spacial score (nSPS) is 11.3. The van der Waals surface area contributed by atoms with Crippen LogP contribution in [0.2, 0.25) is 0 Å². The van der Waals surface area contributed by atoms with E-state index in [2.05, 4.69) is 60.3 Å². The van der Waals surface area contributed by atoms with Crippen LogP contribution >= 0.6 is 31.9 Å². The summed E-state index contributed by atoms with van der Waals surface area (Å²) in [6.07, 6.45) is 0. The number of hydrogen-bond acceptors (Lipinski definition) is 1. The van der Waals surface area contributed by atoms with Crippen LogP contribution in [0, 0.1) is 0 Å². The van der Waals surface area contributed by atoms with Crippen LogP contribution in [0.1, 0.15) is 0 Å². The zero-order chi connectivity index (χ0) is 10.4. The first-order chi connectivity index (χ1) is 7.27. The highest BCUT2D eigenvalue weighted by Gasteiger charge is 2.09. The monoisotopic (exact) mass is 324 g/mol. The van der Waals surface area contributed by atoms with Gasteiger partial charge in [0.05, 0.1) is 0 Å². The Labute approximate surface area is 103 Å². The summed E-state index contributed by atoms with van der Waals surface area (Å²) in [7, 11) is 0. The molecule has 1 aromatic heterocycles. The van der Waals surface area contributed by atoms with Crippen LogP contribution in [0.25, 0.3) is 21.7 Å². The van der Waals surface area contributed by atoms with Crippen LogP contribution < -0.4 is 0 Å². The van der Waals surface area contributed by atoms with Crippen molar-refractivity contribution in [2.75, 3.05) is 0 Å². The number of aromatic nitrogens is 2. The highest BCUT2D eigenvalue weighted by molar-refractivity contribution is 9.11. The van der Waals surface area contributed by atoms with Gasteiger partial charge in [0.25, 0.3) is 0 Å². The molecule has 0 saturated heterocycles. The molecule has 0 bridgehead atoms. The van der Waals surface area contributed by atoms with E-state index in [1.165, 1.54) is 5.39 Å². The third kappa shape index (κ3) is 1.32. The topological polar surface area (TPSA) is 28.7 Å². The molecule has 15 heavy (non-hydrogen) atoms. The first-order valence-corrected chi connectivity index (χ1v) is 6.07. The molecule has 0 aliphatic carbocycles. The first kappa shape index (κ1) is 9.36. The molecule has 3 aromatic rings. The van der Waals surface area contributed by atoms with Crippen LogP contribution in [0.15, 0.2) is 39.4 Å². The summed E-state index contributed by atoms with van der Waals surface area (Å²) in [5, 5.41) is 10.7. The number of nitrogens with zero attached hydrogens (tertiary/aromatic N) is 1. The summed E-state index contributed by atoms with van der Waals surface area (Å²) in [5.74, 6) is 0. The second-order valence-electron chi connectivity index (χ2n) is 3.34. The third-order valence-corrected chi connectivity index (χ3v) is 3.73. The van der Waals surface area contributed by atoms with E-state index in [9.17, 15) is 0 Å². The zero-order valence-electron chi connectivity index (χ0n) is 7.59. The van der Waals surface area contributed by atoms with Crippen molar-refractivity contribution in [1.29, 1.82) is 0 Å². The van der Waals surface area contributed by atoms with Crippen molar-refractivity contribution in [3.05, 3.63) is 39.4 Å². The van der Waals surface area contributed by atoms with Gasteiger partial charge in [0.1, 0.15) is 10.1 Å². The molecule has 0 atom stereocenters. The number of fused-ring (bicyclic) bond motifs is 3.